The van der Waals surface area contributed by atoms with Crippen LogP contribution in [-0.2, 0) is 4.84 Å². The van der Waals surface area contributed by atoms with Gasteiger partial charge in [0.05, 0.1) is 58.1 Å². The number of benzene rings is 5. The van der Waals surface area contributed by atoms with Gasteiger partial charge in [-0.3, -0.25) is 14.4 Å². The Labute approximate surface area is 499 Å². The van der Waals surface area contributed by atoms with E-state index in [1.165, 1.54) is 26.3 Å². The van der Waals surface area contributed by atoms with Gasteiger partial charge in [-0.15, -0.1) is 6.42 Å². The van der Waals surface area contributed by atoms with Gasteiger partial charge in [0.1, 0.15) is 5.60 Å². The number of hydrogen-bond donors (Lipinski definition) is 9. The van der Waals surface area contributed by atoms with Crippen molar-refractivity contribution in [3.8, 4) is 24.5 Å². The number of nitrogen functional groups attached to an aromatic ring is 1. The van der Waals surface area contributed by atoms with E-state index < -0.39 is 11.6 Å². The highest BCUT2D eigenvalue weighted by Crippen LogP contribution is 2.32. The Morgan fingerprint density at radius 2 is 0.929 bits per heavy atom. The molecule has 0 saturated carbocycles. The van der Waals surface area contributed by atoms with Crippen LogP contribution in [0.15, 0.2) is 121 Å². The van der Waals surface area contributed by atoms with E-state index >= 15 is 0 Å². The van der Waals surface area contributed by atoms with Gasteiger partial charge in [0.2, 0.25) is 0 Å². The van der Waals surface area contributed by atoms with Gasteiger partial charge in [-0.25, -0.2) is 9.86 Å². The quantitative estimate of drug-likeness (QED) is 0.0317. The number of Topliss-reactive ketones (excluding diaryl/α,β-unsaturated/α-hetero) is 1. The van der Waals surface area contributed by atoms with E-state index in [1.807, 2.05) is 78.9 Å². The predicted molar refractivity (Wildman–Crippen MR) is 348 cm³/mol. The molecule has 4 aliphatic rings. The molecular formula is C68H88N10O6. The fraction of sp³-hybridized carbons (Fsp3) is 0.338. The number of hydroxylamine groups is 2. The van der Waals surface area contributed by atoms with Crippen LogP contribution in [0.3, 0.4) is 0 Å². The largest absolute Gasteiger partial charge is 0.478 e. The van der Waals surface area contributed by atoms with Crippen molar-refractivity contribution in [1.29, 1.82) is 10.5 Å². The maximum Gasteiger partial charge on any atom is 0.335 e. The number of fused-ring (bicyclic) bond motifs is 4. The van der Waals surface area contributed by atoms with Crippen molar-refractivity contribution >= 4 is 70.4 Å². The summed E-state index contributed by atoms with van der Waals surface area (Å²) in [6, 6.07) is 33.3. The number of nitriles is 2. The standard InChI is InChI=1S/C16H21NO.C14H18N2O2.C12H12N2.C12H13NO2.C7H6N2.C5H8O.2CH5N/c1-4-5-6-15(18)13-7-8-14-12(11-13)9-10-16(2,3)17-14;1-14(2)8-7-10-9-11(5-6-12(10)15-14)13(17)16(3)18-4;1-12(2)6-5-10-7-9(8-13)3-4-11(10)14-12;1-12(2)6-5-8-7-9(11(14)15)3-4-10(8)13-12;8-5-6-1-3-7(9)4-2-6;1-4-5(2,3)6;2*1-2/h7-11,17H,4-6H2,1-3H3;5-9,15H,1-4H3;3-7,14H,1-2H3;3-7,13H,1-2H3,(H,14,15);1-4H,9H2;1,6H,2-3H3;2*2H2,1H3. The molecule has 4 aliphatic heterocycles. The number of terminal acetylenes is 1. The van der Waals surface area contributed by atoms with Crippen LogP contribution in [0.25, 0.3) is 24.3 Å². The van der Waals surface area contributed by atoms with E-state index in [4.69, 9.17) is 37.7 Å². The summed E-state index contributed by atoms with van der Waals surface area (Å²) in [5.41, 5.74) is 25.5. The molecule has 1 amide bonds. The van der Waals surface area contributed by atoms with E-state index in [1.54, 1.807) is 63.4 Å². The predicted octanol–water partition coefficient (Wildman–Crippen LogP) is 12.9. The van der Waals surface area contributed by atoms with E-state index in [0.29, 0.717) is 34.4 Å². The molecule has 0 aromatic heterocycles. The first kappa shape index (κ1) is 71.2. The number of hydrogen-bond acceptors (Lipinski definition) is 14. The van der Waals surface area contributed by atoms with E-state index in [2.05, 4.69) is 137 Å². The zero-order valence-corrected chi connectivity index (χ0v) is 51.7. The number of nitrogens with zero attached hydrogens (tertiary/aromatic N) is 3. The number of unbranched alkanes of at least 4 members (excludes halogenated alkanes) is 1. The summed E-state index contributed by atoms with van der Waals surface area (Å²) in [5, 5.41) is 49.3. The fourth-order valence-corrected chi connectivity index (χ4v) is 7.82. The SMILES string of the molecule is C#CC(C)(C)O.CC1(C)C=Cc2cc(C#N)ccc2N1.CC1(C)C=Cc2cc(C(=O)O)ccc2N1.CCCCC(=O)c1ccc2c(c1)C=CC(C)(C)N2.CN.CN.CON(C)C(=O)c1ccc2c(c1)C=CC(C)(C)N2.N#Cc1ccc(N)cc1. The van der Waals surface area contributed by atoms with Crippen LogP contribution in [0.2, 0.25) is 0 Å². The smallest absolute Gasteiger partial charge is 0.335 e. The van der Waals surface area contributed by atoms with Gasteiger partial charge >= 0.3 is 5.97 Å². The third-order valence-corrected chi connectivity index (χ3v) is 12.4. The highest BCUT2D eigenvalue weighted by molar-refractivity contribution is 5.98. The molecule has 446 valence electrons. The Morgan fingerprint density at radius 3 is 1.29 bits per heavy atom. The Morgan fingerprint density at radius 1 is 0.595 bits per heavy atom. The van der Waals surface area contributed by atoms with Gasteiger partial charge in [-0.05, 0) is 209 Å². The second-order valence-corrected chi connectivity index (χ2v) is 22.3. The topological polar surface area (TPSA) is 278 Å². The van der Waals surface area contributed by atoms with Gasteiger partial charge < -0.3 is 48.7 Å². The summed E-state index contributed by atoms with van der Waals surface area (Å²) in [7, 11) is 6.07. The number of nitrogens with two attached hydrogens (primary N) is 3. The van der Waals surface area contributed by atoms with E-state index in [0.717, 1.165) is 63.4 Å². The number of carbonyl (C=O) groups is 3. The summed E-state index contributed by atoms with van der Waals surface area (Å²) >= 11 is 0. The minimum atomic E-state index is -0.931. The third kappa shape index (κ3) is 23.9. The number of carboxylic acids is 1. The van der Waals surface area contributed by atoms with Gasteiger partial charge in [0.25, 0.3) is 5.91 Å². The molecule has 0 radical (unpaired) electrons. The Bertz CT molecular complexity index is 3270. The molecule has 0 aliphatic carbocycles. The van der Waals surface area contributed by atoms with Gasteiger partial charge in [-0.1, -0.05) is 67.9 Å². The molecule has 0 spiro atoms. The van der Waals surface area contributed by atoms with Crippen LogP contribution in [0.4, 0.5) is 28.4 Å². The molecular weight excluding hydrogens is 1050 g/mol. The average Bonchev–Trinajstić information content (AvgIpc) is 3.68. The van der Waals surface area contributed by atoms with Crippen LogP contribution in [0, 0.1) is 35.0 Å². The molecule has 4 heterocycles. The number of aromatic carboxylic acids is 1. The first-order valence-electron chi connectivity index (χ1n) is 27.5. The molecule has 9 rings (SSSR count). The lowest BCUT2D eigenvalue weighted by Gasteiger charge is -2.29. The van der Waals surface area contributed by atoms with Crippen molar-refractivity contribution in [1.82, 2.24) is 5.06 Å². The summed E-state index contributed by atoms with van der Waals surface area (Å²) in [5.74, 6) is 1.36. The monoisotopic (exact) mass is 1140 g/mol. The van der Waals surface area contributed by atoms with Crippen LogP contribution in [0.5, 0.6) is 0 Å². The van der Waals surface area contributed by atoms with Crippen LogP contribution < -0.4 is 38.5 Å². The number of amides is 1. The van der Waals surface area contributed by atoms with Gasteiger partial charge in [0, 0.05) is 53.0 Å². The minimum Gasteiger partial charge on any atom is -0.478 e. The molecule has 12 N–H and O–H groups in total. The molecule has 0 unspecified atom stereocenters. The van der Waals surface area contributed by atoms with Crippen molar-refractivity contribution in [2.45, 2.75) is 123 Å². The number of nitrogens with one attached hydrogen (secondary N) is 4. The summed E-state index contributed by atoms with van der Waals surface area (Å²) in [4.78, 5) is 39.6. The molecule has 5 aromatic rings. The van der Waals surface area contributed by atoms with Crippen LogP contribution in [-0.4, -0.2) is 88.9 Å². The molecule has 16 nitrogen and oxygen atoms in total. The average molecular weight is 1140 g/mol. The lowest BCUT2D eigenvalue weighted by molar-refractivity contribution is -0.0757. The maximum atomic E-state index is 12.0. The number of anilines is 5. The zero-order chi connectivity index (χ0) is 63.6. The summed E-state index contributed by atoms with van der Waals surface area (Å²) in [6.07, 6.45) is 24.0. The normalized spacial score (nSPS) is 14.3. The van der Waals surface area contributed by atoms with E-state index in [9.17, 15) is 14.4 Å². The molecule has 0 fully saturated rings. The van der Waals surface area contributed by atoms with Gasteiger partial charge in [0.15, 0.2) is 5.78 Å². The Hall–Kier alpha value is -8.95. The molecule has 0 atom stereocenters. The lowest BCUT2D eigenvalue weighted by Crippen LogP contribution is -2.30. The van der Waals surface area contributed by atoms with Crippen molar-refractivity contribution in [2.24, 2.45) is 11.5 Å². The van der Waals surface area contributed by atoms with Crippen molar-refractivity contribution in [2.75, 3.05) is 55.3 Å². The molecule has 5 aromatic carbocycles. The van der Waals surface area contributed by atoms with Crippen molar-refractivity contribution in [3.05, 3.63) is 171 Å². The number of ketones is 1. The maximum absolute atomic E-state index is 12.0. The summed E-state index contributed by atoms with van der Waals surface area (Å²) < 4.78 is 0. The van der Waals surface area contributed by atoms with Crippen LogP contribution >= 0.6 is 0 Å². The molecule has 84 heavy (non-hydrogen) atoms. The van der Waals surface area contributed by atoms with Crippen LogP contribution in [0.1, 0.15) is 160 Å². The zero-order valence-electron chi connectivity index (χ0n) is 51.7. The molecule has 0 saturated heterocycles. The molecule has 16 heteroatoms. The third-order valence-electron chi connectivity index (χ3n) is 12.4. The first-order valence-corrected chi connectivity index (χ1v) is 27.5. The first-order chi connectivity index (χ1) is 39.4. The van der Waals surface area contributed by atoms with Gasteiger partial charge in [-0.2, -0.15) is 10.5 Å². The number of aliphatic hydroxyl groups is 1. The Kier molecular flexibility index (Phi) is 27.6. The van der Waals surface area contributed by atoms with Crippen molar-refractivity contribution < 1.29 is 29.4 Å². The number of carbonyl (C=O) groups excluding carboxylic acids is 2. The number of carboxylic acid groups (broad SMARTS) is 1. The van der Waals surface area contributed by atoms with Crippen molar-refractivity contribution in [3.63, 3.8) is 0 Å². The fourth-order valence-electron chi connectivity index (χ4n) is 7.82. The Balaban J connectivity index is 0.000000349. The molecule has 0 bridgehead atoms. The minimum absolute atomic E-state index is 0.00115. The highest BCUT2D eigenvalue weighted by atomic mass is 16.7. The second kappa shape index (κ2) is 32.6. The van der Waals surface area contributed by atoms with E-state index in [-0.39, 0.29) is 33.8 Å². The second-order valence-electron chi connectivity index (χ2n) is 22.3. The lowest BCUT2D eigenvalue weighted by atomic mass is 9.94. The summed E-state index contributed by atoms with van der Waals surface area (Å²) in [6.45, 7) is 22.1. The number of rotatable bonds is 7. The highest BCUT2D eigenvalue weighted by Gasteiger charge is 2.23.